The van der Waals surface area contributed by atoms with E-state index in [2.05, 4.69) is 27.2 Å². The topological polar surface area (TPSA) is 54.7 Å². The highest BCUT2D eigenvalue weighted by Gasteiger charge is 2.25. The number of aryl methyl sites for hydroxylation is 1. The van der Waals surface area contributed by atoms with Gasteiger partial charge in [-0.3, -0.25) is 9.67 Å². The van der Waals surface area contributed by atoms with E-state index in [0.29, 0.717) is 0 Å². The Bertz CT molecular complexity index is 570. The van der Waals surface area contributed by atoms with E-state index in [0.717, 1.165) is 49.6 Å². The monoisotopic (exact) mass is 347 g/mol. The Morgan fingerprint density at radius 1 is 1.44 bits per heavy atom. The number of hydrogen-bond acceptors (Lipinski definition) is 3. The van der Waals surface area contributed by atoms with E-state index in [4.69, 9.17) is 4.74 Å². The summed E-state index contributed by atoms with van der Waals surface area (Å²) in [5.41, 5.74) is 1.14. The highest BCUT2D eigenvalue weighted by atomic mass is 16.5. The molecule has 0 aromatic carbocycles. The number of guanidine groups is 1. The van der Waals surface area contributed by atoms with E-state index >= 15 is 0 Å². The third-order valence-corrected chi connectivity index (χ3v) is 5.56. The van der Waals surface area contributed by atoms with E-state index < -0.39 is 0 Å². The van der Waals surface area contributed by atoms with Crippen molar-refractivity contribution in [3.05, 3.63) is 18.0 Å². The number of aromatic nitrogens is 2. The van der Waals surface area contributed by atoms with Crippen molar-refractivity contribution in [3.63, 3.8) is 0 Å². The maximum Gasteiger partial charge on any atom is 0.193 e. The Morgan fingerprint density at radius 3 is 3.04 bits per heavy atom. The number of hydrogen-bond donors (Lipinski definition) is 1. The first-order chi connectivity index (χ1) is 12.2. The first-order valence-electron chi connectivity index (χ1n) is 9.71. The highest BCUT2D eigenvalue weighted by Crippen LogP contribution is 2.30. The molecule has 3 unspecified atom stereocenters. The number of nitrogens with zero attached hydrogens (tertiary/aromatic N) is 4. The molecule has 0 amide bonds. The maximum absolute atomic E-state index is 5.94. The van der Waals surface area contributed by atoms with Crippen LogP contribution in [0, 0.1) is 11.8 Å². The third kappa shape index (κ3) is 4.97. The lowest BCUT2D eigenvalue weighted by Gasteiger charge is -2.35. The summed E-state index contributed by atoms with van der Waals surface area (Å²) in [6, 6.07) is 0. The Hall–Kier alpha value is -1.56. The zero-order valence-electron chi connectivity index (χ0n) is 15.9. The normalized spacial score (nSPS) is 28.2. The maximum atomic E-state index is 5.94. The van der Waals surface area contributed by atoms with Gasteiger partial charge in [-0.2, -0.15) is 5.10 Å². The molecule has 0 spiro atoms. The summed E-state index contributed by atoms with van der Waals surface area (Å²) in [5.74, 6) is 2.78. The molecular weight excluding hydrogens is 314 g/mol. The zero-order valence-corrected chi connectivity index (χ0v) is 15.9. The summed E-state index contributed by atoms with van der Waals surface area (Å²) in [4.78, 5) is 6.81. The van der Waals surface area contributed by atoms with Gasteiger partial charge in [0.1, 0.15) is 6.10 Å². The van der Waals surface area contributed by atoms with Gasteiger partial charge < -0.3 is 15.0 Å². The van der Waals surface area contributed by atoms with E-state index in [1.807, 2.05) is 31.2 Å². The van der Waals surface area contributed by atoms with Gasteiger partial charge in [-0.15, -0.1) is 0 Å². The van der Waals surface area contributed by atoms with Gasteiger partial charge >= 0.3 is 0 Å². The third-order valence-electron chi connectivity index (χ3n) is 5.56. The quantitative estimate of drug-likeness (QED) is 0.672. The Kier molecular flexibility index (Phi) is 6.34. The fourth-order valence-electron chi connectivity index (χ4n) is 4.19. The van der Waals surface area contributed by atoms with Crippen LogP contribution >= 0.6 is 0 Å². The molecule has 0 radical (unpaired) electrons. The van der Waals surface area contributed by atoms with Crippen molar-refractivity contribution in [3.8, 4) is 0 Å². The SMILES string of the molecule is CN=C(NCCC1CCCC(C)C1)N1CCOC(c2cnn(C)c2)C1. The molecule has 6 nitrogen and oxygen atoms in total. The second-order valence-electron chi connectivity index (χ2n) is 7.65. The summed E-state index contributed by atoms with van der Waals surface area (Å²) < 4.78 is 7.77. The molecule has 3 atom stereocenters. The minimum Gasteiger partial charge on any atom is -0.370 e. The fraction of sp³-hybridized carbons (Fsp3) is 0.789. The Labute approximate surface area is 151 Å². The van der Waals surface area contributed by atoms with E-state index in [1.54, 1.807) is 0 Å². The smallest absolute Gasteiger partial charge is 0.193 e. The van der Waals surface area contributed by atoms with Gasteiger partial charge in [0.25, 0.3) is 0 Å². The minimum atomic E-state index is 0.0696. The van der Waals surface area contributed by atoms with Crippen molar-refractivity contribution in [2.45, 2.75) is 45.1 Å². The number of rotatable bonds is 4. The standard InChI is InChI=1S/C19H33N5O/c1-15-5-4-6-16(11-15)7-8-21-19(20-2)24-9-10-25-18(14-24)17-12-22-23(3)13-17/h12-13,15-16,18H,4-11,14H2,1-3H3,(H,20,21). The molecule has 6 heteroatoms. The van der Waals surface area contributed by atoms with E-state index in [-0.39, 0.29) is 6.10 Å². The minimum absolute atomic E-state index is 0.0696. The van der Waals surface area contributed by atoms with Crippen LogP contribution in [0.5, 0.6) is 0 Å². The number of aliphatic imine (C=N–C) groups is 1. The average molecular weight is 348 g/mol. The average Bonchev–Trinajstić information content (AvgIpc) is 3.05. The lowest BCUT2D eigenvalue weighted by Crippen LogP contribution is -2.48. The van der Waals surface area contributed by atoms with Gasteiger partial charge in [-0.05, 0) is 24.7 Å². The lowest BCUT2D eigenvalue weighted by atomic mass is 9.81. The van der Waals surface area contributed by atoms with Crippen molar-refractivity contribution in [2.75, 3.05) is 33.3 Å². The van der Waals surface area contributed by atoms with Crippen molar-refractivity contribution >= 4 is 5.96 Å². The van der Waals surface area contributed by atoms with Gasteiger partial charge in [0.05, 0.1) is 19.3 Å². The van der Waals surface area contributed by atoms with Gasteiger partial charge in [0.15, 0.2) is 5.96 Å². The predicted molar refractivity (Wildman–Crippen MR) is 101 cm³/mol. The summed E-state index contributed by atoms with van der Waals surface area (Å²) >= 11 is 0. The molecule has 1 aromatic heterocycles. The molecule has 1 N–H and O–H groups in total. The molecule has 1 saturated heterocycles. The second-order valence-corrected chi connectivity index (χ2v) is 7.65. The van der Waals surface area contributed by atoms with Gasteiger partial charge in [-0.1, -0.05) is 26.2 Å². The first kappa shape index (κ1) is 18.2. The number of nitrogens with one attached hydrogen (secondary N) is 1. The van der Waals surface area contributed by atoms with Crippen LogP contribution in [0.1, 0.15) is 50.7 Å². The molecule has 25 heavy (non-hydrogen) atoms. The highest BCUT2D eigenvalue weighted by molar-refractivity contribution is 5.80. The molecule has 2 heterocycles. The molecule has 1 saturated carbocycles. The van der Waals surface area contributed by atoms with Crippen LogP contribution in [-0.4, -0.2) is 53.9 Å². The van der Waals surface area contributed by atoms with E-state index in [1.165, 1.54) is 32.1 Å². The van der Waals surface area contributed by atoms with Crippen LogP contribution in [0.3, 0.4) is 0 Å². The first-order valence-corrected chi connectivity index (χ1v) is 9.71. The van der Waals surface area contributed by atoms with E-state index in [9.17, 15) is 0 Å². The molecule has 0 bridgehead atoms. The number of ether oxygens (including phenoxy) is 1. The summed E-state index contributed by atoms with van der Waals surface area (Å²) in [7, 11) is 3.82. The van der Waals surface area contributed by atoms with Crippen LogP contribution < -0.4 is 5.32 Å². The molecule has 140 valence electrons. The molecule has 2 aliphatic rings. The van der Waals surface area contributed by atoms with Crippen LogP contribution in [0.15, 0.2) is 17.4 Å². The second kappa shape index (κ2) is 8.70. The van der Waals surface area contributed by atoms with Crippen molar-refractivity contribution in [1.29, 1.82) is 0 Å². The zero-order chi connectivity index (χ0) is 17.6. The Morgan fingerprint density at radius 2 is 2.32 bits per heavy atom. The van der Waals surface area contributed by atoms with Gasteiger partial charge in [0.2, 0.25) is 0 Å². The molecular formula is C19H33N5O. The molecule has 1 aliphatic heterocycles. The van der Waals surface area contributed by atoms with Gasteiger partial charge in [-0.25, -0.2) is 0 Å². The van der Waals surface area contributed by atoms with Crippen LogP contribution in [0.25, 0.3) is 0 Å². The molecule has 1 aromatic rings. The van der Waals surface area contributed by atoms with Crippen molar-refractivity contribution in [2.24, 2.45) is 23.9 Å². The molecule has 3 rings (SSSR count). The molecule has 2 fully saturated rings. The lowest BCUT2D eigenvalue weighted by molar-refractivity contribution is -0.00804. The summed E-state index contributed by atoms with van der Waals surface area (Å²) in [6.07, 6.45) is 10.8. The number of morpholine rings is 1. The molecule has 1 aliphatic carbocycles. The van der Waals surface area contributed by atoms with Gasteiger partial charge in [0, 0.05) is 38.9 Å². The largest absolute Gasteiger partial charge is 0.370 e. The van der Waals surface area contributed by atoms with Crippen molar-refractivity contribution < 1.29 is 4.74 Å². The van der Waals surface area contributed by atoms with Crippen LogP contribution in [-0.2, 0) is 11.8 Å². The summed E-state index contributed by atoms with van der Waals surface area (Å²) in [6.45, 7) is 5.84. The fourth-order valence-corrected chi connectivity index (χ4v) is 4.19. The van der Waals surface area contributed by atoms with Crippen molar-refractivity contribution in [1.82, 2.24) is 20.0 Å². The predicted octanol–water partition coefficient (Wildman–Crippen LogP) is 2.59. The summed E-state index contributed by atoms with van der Waals surface area (Å²) in [5, 5.41) is 7.84. The van der Waals surface area contributed by atoms with Crippen LogP contribution in [0.4, 0.5) is 0 Å². The Balaban J connectivity index is 1.48. The van der Waals surface area contributed by atoms with Crippen LogP contribution in [0.2, 0.25) is 0 Å².